The second kappa shape index (κ2) is 6.22. The molecule has 0 radical (unpaired) electrons. The van der Waals surface area contributed by atoms with E-state index in [0.717, 1.165) is 18.1 Å². The predicted molar refractivity (Wildman–Crippen MR) is 75.3 cm³/mol. The second-order valence-corrected chi connectivity index (χ2v) is 4.82. The molecule has 102 valence electrons. The third-order valence-electron chi connectivity index (χ3n) is 2.56. The largest absolute Gasteiger partial charge is 0.487 e. The fraction of sp³-hybridized carbons (Fsp3) is 0.429. The summed E-state index contributed by atoms with van der Waals surface area (Å²) in [5.41, 5.74) is 0. The van der Waals surface area contributed by atoms with Crippen LogP contribution in [0.1, 0.15) is 20.8 Å². The van der Waals surface area contributed by atoms with Crippen molar-refractivity contribution in [3.63, 3.8) is 0 Å². The molecule has 2 aromatic heterocycles. The van der Waals surface area contributed by atoms with Gasteiger partial charge in [0.25, 0.3) is 0 Å². The van der Waals surface area contributed by atoms with Crippen molar-refractivity contribution in [3.8, 4) is 5.75 Å². The Labute approximate surface area is 113 Å². The average molecular weight is 260 g/mol. The summed E-state index contributed by atoms with van der Waals surface area (Å²) in [6.45, 7) is 6.95. The highest BCUT2D eigenvalue weighted by Crippen LogP contribution is 2.22. The Bertz CT molecular complexity index is 496. The first-order valence-corrected chi connectivity index (χ1v) is 6.49. The third-order valence-corrected chi connectivity index (χ3v) is 2.56. The van der Waals surface area contributed by atoms with E-state index in [1.54, 1.807) is 12.4 Å². The number of aromatic nitrogens is 3. The van der Waals surface area contributed by atoms with Gasteiger partial charge < -0.3 is 14.6 Å². The first kappa shape index (κ1) is 13.4. The van der Waals surface area contributed by atoms with Crippen LogP contribution in [0.25, 0.3) is 0 Å². The van der Waals surface area contributed by atoms with Gasteiger partial charge in [0.05, 0.1) is 12.4 Å². The van der Waals surface area contributed by atoms with E-state index in [0.29, 0.717) is 0 Å². The minimum absolute atomic E-state index is 0.133. The topological polar surface area (TPSA) is 52.0 Å². The number of anilines is 1. The Morgan fingerprint density at radius 2 is 2.16 bits per heavy atom. The van der Waals surface area contributed by atoms with Gasteiger partial charge in [-0.2, -0.15) is 0 Å². The van der Waals surface area contributed by atoms with Crippen molar-refractivity contribution < 1.29 is 4.74 Å². The third kappa shape index (κ3) is 3.98. The Morgan fingerprint density at radius 3 is 2.84 bits per heavy atom. The van der Waals surface area contributed by atoms with Crippen LogP contribution in [0.4, 0.5) is 5.82 Å². The standard InChI is InChI=1S/C14H20N4O/c1-11(2)19-13-5-4-6-16-14(13)17-12(3)9-18-8-7-15-10-18/h4-8,10-12H,9H2,1-3H3,(H,16,17). The van der Waals surface area contributed by atoms with Gasteiger partial charge in [0.1, 0.15) is 0 Å². The summed E-state index contributed by atoms with van der Waals surface area (Å²) >= 11 is 0. The van der Waals surface area contributed by atoms with Gasteiger partial charge in [0.15, 0.2) is 11.6 Å². The maximum Gasteiger partial charge on any atom is 0.169 e. The van der Waals surface area contributed by atoms with Gasteiger partial charge >= 0.3 is 0 Å². The summed E-state index contributed by atoms with van der Waals surface area (Å²) in [7, 11) is 0. The zero-order valence-corrected chi connectivity index (χ0v) is 11.6. The monoisotopic (exact) mass is 260 g/mol. The van der Waals surface area contributed by atoms with Crippen molar-refractivity contribution in [1.82, 2.24) is 14.5 Å². The van der Waals surface area contributed by atoms with Crippen LogP contribution in [0.3, 0.4) is 0 Å². The number of nitrogens with one attached hydrogen (secondary N) is 1. The first-order chi connectivity index (χ1) is 9.15. The molecule has 5 heteroatoms. The second-order valence-electron chi connectivity index (χ2n) is 4.82. The summed E-state index contributed by atoms with van der Waals surface area (Å²) < 4.78 is 7.77. The fourth-order valence-electron chi connectivity index (χ4n) is 1.84. The number of nitrogens with zero attached hydrogens (tertiary/aromatic N) is 3. The number of pyridine rings is 1. The molecule has 2 aromatic rings. The Hall–Kier alpha value is -2.04. The fourth-order valence-corrected chi connectivity index (χ4v) is 1.84. The van der Waals surface area contributed by atoms with Crippen molar-refractivity contribution in [1.29, 1.82) is 0 Å². The molecule has 0 aliphatic rings. The molecule has 0 aliphatic carbocycles. The number of hydrogen-bond acceptors (Lipinski definition) is 4. The molecule has 0 amide bonds. The summed E-state index contributed by atoms with van der Waals surface area (Å²) in [6.07, 6.45) is 7.43. The van der Waals surface area contributed by atoms with E-state index in [1.165, 1.54) is 0 Å². The first-order valence-electron chi connectivity index (χ1n) is 6.49. The molecule has 19 heavy (non-hydrogen) atoms. The number of ether oxygens (including phenoxy) is 1. The normalized spacial score (nSPS) is 12.4. The van der Waals surface area contributed by atoms with Gasteiger partial charge in [0.2, 0.25) is 0 Å². The quantitative estimate of drug-likeness (QED) is 0.867. The highest BCUT2D eigenvalue weighted by atomic mass is 16.5. The van der Waals surface area contributed by atoms with Crippen LogP contribution in [-0.4, -0.2) is 26.7 Å². The van der Waals surface area contributed by atoms with Crippen LogP contribution in [-0.2, 0) is 6.54 Å². The molecule has 0 saturated heterocycles. The van der Waals surface area contributed by atoms with E-state index in [4.69, 9.17) is 4.74 Å². The van der Waals surface area contributed by atoms with Crippen LogP contribution in [0, 0.1) is 0 Å². The van der Waals surface area contributed by atoms with Crippen LogP contribution in [0.5, 0.6) is 5.75 Å². The minimum atomic E-state index is 0.133. The average Bonchev–Trinajstić information content (AvgIpc) is 2.83. The Morgan fingerprint density at radius 1 is 1.32 bits per heavy atom. The molecule has 0 aromatic carbocycles. The van der Waals surface area contributed by atoms with E-state index >= 15 is 0 Å². The molecule has 2 rings (SSSR count). The Balaban J connectivity index is 2.01. The highest BCUT2D eigenvalue weighted by molar-refractivity contribution is 5.50. The van der Waals surface area contributed by atoms with Crippen molar-refractivity contribution in [2.45, 2.75) is 39.5 Å². The van der Waals surface area contributed by atoms with Crippen LogP contribution in [0.15, 0.2) is 37.1 Å². The molecular formula is C14H20N4O. The van der Waals surface area contributed by atoms with E-state index in [1.807, 2.05) is 43.1 Å². The van der Waals surface area contributed by atoms with E-state index in [2.05, 4.69) is 22.2 Å². The molecule has 1 atom stereocenters. The predicted octanol–water partition coefficient (Wildman–Crippen LogP) is 2.57. The lowest BCUT2D eigenvalue weighted by atomic mass is 10.3. The van der Waals surface area contributed by atoms with Gasteiger partial charge in [0, 0.05) is 31.2 Å². The summed E-state index contributed by atoms with van der Waals surface area (Å²) in [6, 6.07) is 4.04. The van der Waals surface area contributed by atoms with Crippen molar-refractivity contribution >= 4 is 5.82 Å². The van der Waals surface area contributed by atoms with E-state index in [9.17, 15) is 0 Å². The van der Waals surface area contributed by atoms with Gasteiger partial charge in [-0.05, 0) is 32.9 Å². The van der Waals surface area contributed by atoms with Crippen molar-refractivity contribution in [2.24, 2.45) is 0 Å². The van der Waals surface area contributed by atoms with E-state index < -0.39 is 0 Å². The number of imidazole rings is 1. The Kier molecular flexibility index (Phi) is 4.39. The minimum Gasteiger partial charge on any atom is -0.487 e. The van der Waals surface area contributed by atoms with Crippen molar-refractivity contribution in [3.05, 3.63) is 37.1 Å². The maximum absolute atomic E-state index is 5.74. The molecule has 5 nitrogen and oxygen atoms in total. The van der Waals surface area contributed by atoms with Crippen LogP contribution in [0.2, 0.25) is 0 Å². The molecule has 0 bridgehead atoms. The SMILES string of the molecule is CC(Cn1ccnc1)Nc1ncccc1OC(C)C. The zero-order chi connectivity index (χ0) is 13.7. The molecule has 2 heterocycles. The van der Waals surface area contributed by atoms with Gasteiger partial charge in [-0.15, -0.1) is 0 Å². The lowest BCUT2D eigenvalue weighted by molar-refractivity contribution is 0.242. The molecule has 0 fully saturated rings. The van der Waals surface area contributed by atoms with Gasteiger partial charge in [-0.1, -0.05) is 0 Å². The number of rotatable bonds is 6. The van der Waals surface area contributed by atoms with Crippen LogP contribution >= 0.6 is 0 Å². The smallest absolute Gasteiger partial charge is 0.169 e. The summed E-state index contributed by atoms with van der Waals surface area (Å²) in [5, 5.41) is 3.37. The summed E-state index contributed by atoms with van der Waals surface area (Å²) in [5.74, 6) is 1.57. The van der Waals surface area contributed by atoms with Gasteiger partial charge in [-0.25, -0.2) is 9.97 Å². The summed E-state index contributed by atoms with van der Waals surface area (Å²) in [4.78, 5) is 8.37. The molecule has 1 N–H and O–H groups in total. The molecule has 1 unspecified atom stereocenters. The molecule has 0 saturated carbocycles. The lowest BCUT2D eigenvalue weighted by Crippen LogP contribution is -2.22. The molecule has 0 aliphatic heterocycles. The molecule has 0 spiro atoms. The van der Waals surface area contributed by atoms with Crippen LogP contribution < -0.4 is 10.1 Å². The highest BCUT2D eigenvalue weighted by Gasteiger charge is 2.09. The zero-order valence-electron chi connectivity index (χ0n) is 11.6. The maximum atomic E-state index is 5.74. The van der Waals surface area contributed by atoms with Gasteiger partial charge in [-0.3, -0.25) is 0 Å². The molecular weight excluding hydrogens is 240 g/mol. The van der Waals surface area contributed by atoms with E-state index in [-0.39, 0.29) is 12.1 Å². The number of hydrogen-bond donors (Lipinski definition) is 1. The van der Waals surface area contributed by atoms with Crippen molar-refractivity contribution in [2.75, 3.05) is 5.32 Å². The lowest BCUT2D eigenvalue weighted by Gasteiger charge is -2.18.